The fourth-order valence-electron chi connectivity index (χ4n) is 2.89. The van der Waals surface area contributed by atoms with Crippen LogP contribution in [-0.2, 0) is 16.6 Å². The molecule has 1 N–H and O–H groups in total. The molecule has 144 valence electrons. The van der Waals surface area contributed by atoms with Crippen molar-refractivity contribution < 1.29 is 17.6 Å². The van der Waals surface area contributed by atoms with Crippen molar-refractivity contribution in [2.24, 2.45) is 0 Å². The lowest BCUT2D eigenvalue weighted by Gasteiger charge is -2.22. The third-order valence-electron chi connectivity index (χ3n) is 4.36. The molecule has 2 amide bonds. The van der Waals surface area contributed by atoms with Crippen LogP contribution in [0.4, 0.5) is 9.18 Å². The van der Waals surface area contributed by atoms with Gasteiger partial charge in [0, 0.05) is 45.1 Å². The maximum atomic E-state index is 13.1. The molecule has 1 aromatic heterocycles. The molecule has 0 atom stereocenters. The number of carbonyl (C=O) groups is 1. The Morgan fingerprint density at radius 3 is 2.59 bits per heavy atom. The van der Waals surface area contributed by atoms with Gasteiger partial charge >= 0.3 is 6.03 Å². The second kappa shape index (κ2) is 8.45. The molecule has 0 saturated carbocycles. The number of benzene rings is 1. The molecule has 1 saturated heterocycles. The van der Waals surface area contributed by atoms with E-state index in [2.05, 4.69) is 10.3 Å². The highest BCUT2D eigenvalue weighted by molar-refractivity contribution is 7.89. The van der Waals surface area contributed by atoms with Crippen molar-refractivity contribution in [2.75, 3.05) is 26.2 Å². The van der Waals surface area contributed by atoms with Crippen LogP contribution < -0.4 is 5.32 Å². The largest absolute Gasteiger partial charge is 0.334 e. The third kappa shape index (κ3) is 4.81. The fourth-order valence-corrected chi connectivity index (χ4v) is 4.35. The van der Waals surface area contributed by atoms with Crippen molar-refractivity contribution in [1.82, 2.24) is 19.5 Å². The van der Waals surface area contributed by atoms with Crippen molar-refractivity contribution in [3.63, 3.8) is 0 Å². The summed E-state index contributed by atoms with van der Waals surface area (Å²) in [4.78, 5) is 18.0. The summed E-state index contributed by atoms with van der Waals surface area (Å²) in [5, 5.41) is 2.83. The normalized spacial score (nSPS) is 16.0. The van der Waals surface area contributed by atoms with E-state index in [1.807, 2.05) is 6.07 Å². The van der Waals surface area contributed by atoms with Crippen LogP contribution in [0.1, 0.15) is 12.0 Å². The van der Waals surface area contributed by atoms with Crippen LogP contribution in [-0.4, -0.2) is 54.8 Å². The number of sulfonamides is 1. The van der Waals surface area contributed by atoms with Gasteiger partial charge in [-0.2, -0.15) is 4.31 Å². The lowest BCUT2D eigenvalue weighted by Crippen LogP contribution is -2.42. The molecule has 2 aromatic rings. The SMILES string of the molecule is O=C(NCc1cccnc1)N1CCCN(S(=O)(=O)c2ccc(F)cc2)CC1. The molecular formula is C18H21FN4O3S. The summed E-state index contributed by atoms with van der Waals surface area (Å²) >= 11 is 0. The molecule has 0 bridgehead atoms. The number of amides is 2. The number of pyridine rings is 1. The van der Waals surface area contributed by atoms with Crippen LogP contribution in [0.15, 0.2) is 53.7 Å². The summed E-state index contributed by atoms with van der Waals surface area (Å²) in [7, 11) is -3.71. The van der Waals surface area contributed by atoms with E-state index in [1.54, 1.807) is 23.4 Å². The molecule has 7 nitrogen and oxygen atoms in total. The third-order valence-corrected chi connectivity index (χ3v) is 6.27. The molecule has 1 aromatic carbocycles. The lowest BCUT2D eigenvalue weighted by atomic mass is 10.3. The van der Waals surface area contributed by atoms with Crippen molar-refractivity contribution in [3.8, 4) is 0 Å². The van der Waals surface area contributed by atoms with Gasteiger partial charge in [-0.3, -0.25) is 4.98 Å². The molecular weight excluding hydrogens is 371 g/mol. The van der Waals surface area contributed by atoms with Crippen molar-refractivity contribution in [2.45, 2.75) is 17.9 Å². The molecule has 0 radical (unpaired) electrons. The molecule has 0 spiro atoms. The van der Waals surface area contributed by atoms with Crippen molar-refractivity contribution in [1.29, 1.82) is 0 Å². The predicted molar refractivity (Wildman–Crippen MR) is 97.8 cm³/mol. The maximum Gasteiger partial charge on any atom is 0.317 e. The molecule has 9 heteroatoms. The quantitative estimate of drug-likeness (QED) is 0.861. The summed E-state index contributed by atoms with van der Waals surface area (Å²) in [6.45, 7) is 1.63. The van der Waals surface area contributed by atoms with E-state index in [9.17, 15) is 17.6 Å². The standard InChI is InChI=1S/C18H21FN4O3S/c19-16-4-6-17(7-5-16)27(25,26)23-10-2-9-22(11-12-23)18(24)21-14-15-3-1-8-20-13-15/h1,3-8,13H,2,9-12,14H2,(H,21,24). The van der Waals surface area contributed by atoms with Gasteiger partial charge < -0.3 is 10.2 Å². The summed E-state index contributed by atoms with van der Waals surface area (Å²) in [5.74, 6) is -0.485. The van der Waals surface area contributed by atoms with E-state index >= 15 is 0 Å². The Morgan fingerprint density at radius 2 is 1.89 bits per heavy atom. The number of rotatable bonds is 4. The minimum atomic E-state index is -3.71. The summed E-state index contributed by atoms with van der Waals surface area (Å²) < 4.78 is 39.8. The summed E-state index contributed by atoms with van der Waals surface area (Å²) in [6, 6.07) is 8.20. The van der Waals surface area contributed by atoms with E-state index in [4.69, 9.17) is 0 Å². The Morgan fingerprint density at radius 1 is 1.11 bits per heavy atom. The zero-order valence-corrected chi connectivity index (χ0v) is 15.5. The van der Waals surface area contributed by atoms with E-state index in [1.165, 1.54) is 16.4 Å². The van der Waals surface area contributed by atoms with Gasteiger partial charge in [-0.25, -0.2) is 17.6 Å². The van der Waals surface area contributed by atoms with Crippen LogP contribution in [0.3, 0.4) is 0 Å². The topological polar surface area (TPSA) is 82.6 Å². The van der Waals surface area contributed by atoms with Crippen LogP contribution in [0.5, 0.6) is 0 Å². The number of hydrogen-bond acceptors (Lipinski definition) is 4. The molecule has 3 rings (SSSR count). The number of aromatic nitrogens is 1. The zero-order valence-electron chi connectivity index (χ0n) is 14.7. The van der Waals surface area contributed by atoms with Crippen LogP contribution in [0, 0.1) is 5.82 Å². The number of nitrogens with one attached hydrogen (secondary N) is 1. The van der Waals surface area contributed by atoms with E-state index < -0.39 is 15.8 Å². The first-order valence-corrected chi connectivity index (χ1v) is 10.1. The number of carbonyl (C=O) groups excluding carboxylic acids is 1. The van der Waals surface area contributed by atoms with Gasteiger partial charge in [0.2, 0.25) is 10.0 Å². The van der Waals surface area contributed by atoms with Gasteiger partial charge in [0.05, 0.1) is 4.90 Å². The van der Waals surface area contributed by atoms with Gasteiger partial charge in [-0.15, -0.1) is 0 Å². The average Bonchev–Trinajstić information content (AvgIpc) is 2.94. The van der Waals surface area contributed by atoms with Gasteiger partial charge in [-0.1, -0.05) is 6.07 Å². The Hall–Kier alpha value is -2.52. The predicted octanol–water partition coefficient (Wildman–Crippen LogP) is 1.83. The maximum absolute atomic E-state index is 13.1. The first-order valence-electron chi connectivity index (χ1n) is 8.64. The number of urea groups is 1. The summed E-state index contributed by atoms with van der Waals surface area (Å²) in [6.07, 6.45) is 3.87. The number of nitrogens with zero attached hydrogens (tertiary/aromatic N) is 3. The van der Waals surface area contributed by atoms with Gasteiger partial charge in [0.15, 0.2) is 0 Å². The monoisotopic (exact) mass is 392 g/mol. The van der Waals surface area contributed by atoms with Gasteiger partial charge in [0.25, 0.3) is 0 Å². The van der Waals surface area contributed by atoms with Crippen molar-refractivity contribution >= 4 is 16.1 Å². The highest BCUT2D eigenvalue weighted by Crippen LogP contribution is 2.18. The number of halogens is 1. The highest BCUT2D eigenvalue weighted by Gasteiger charge is 2.28. The Balaban J connectivity index is 1.59. The zero-order chi connectivity index (χ0) is 19.3. The lowest BCUT2D eigenvalue weighted by molar-refractivity contribution is 0.200. The van der Waals surface area contributed by atoms with Crippen LogP contribution in [0.25, 0.3) is 0 Å². The molecule has 27 heavy (non-hydrogen) atoms. The van der Waals surface area contributed by atoms with Gasteiger partial charge in [0.1, 0.15) is 5.82 Å². The smallest absolute Gasteiger partial charge is 0.317 e. The molecule has 1 fully saturated rings. The average molecular weight is 392 g/mol. The molecule has 2 heterocycles. The second-order valence-electron chi connectivity index (χ2n) is 6.22. The van der Waals surface area contributed by atoms with Crippen LogP contribution >= 0.6 is 0 Å². The van der Waals surface area contributed by atoms with E-state index in [0.29, 0.717) is 32.6 Å². The first kappa shape index (κ1) is 19.2. The highest BCUT2D eigenvalue weighted by atomic mass is 32.2. The molecule has 1 aliphatic heterocycles. The molecule has 0 aliphatic carbocycles. The minimum absolute atomic E-state index is 0.0541. The van der Waals surface area contributed by atoms with Crippen LogP contribution in [0.2, 0.25) is 0 Å². The fraction of sp³-hybridized carbons (Fsp3) is 0.333. The Bertz CT molecular complexity index is 875. The summed E-state index contributed by atoms with van der Waals surface area (Å²) in [5.41, 5.74) is 0.890. The first-order chi connectivity index (χ1) is 13.0. The minimum Gasteiger partial charge on any atom is -0.334 e. The Labute approximate surface area is 157 Å². The molecule has 1 aliphatic rings. The van der Waals surface area contributed by atoms with E-state index in [0.717, 1.165) is 17.7 Å². The van der Waals surface area contributed by atoms with Crippen molar-refractivity contribution in [3.05, 3.63) is 60.2 Å². The Kier molecular flexibility index (Phi) is 6.02. The number of hydrogen-bond donors (Lipinski definition) is 1. The van der Waals surface area contributed by atoms with Gasteiger partial charge in [-0.05, 0) is 42.3 Å². The van der Waals surface area contributed by atoms with E-state index in [-0.39, 0.29) is 17.5 Å². The second-order valence-corrected chi connectivity index (χ2v) is 8.16. The molecule has 0 unspecified atom stereocenters.